The van der Waals surface area contributed by atoms with E-state index in [9.17, 15) is 4.79 Å². The monoisotopic (exact) mass is 203 g/mol. The molecule has 0 radical (unpaired) electrons. The topological polar surface area (TPSA) is 20.3 Å². The van der Waals surface area contributed by atoms with Gasteiger partial charge in [-0.15, -0.1) is 0 Å². The number of hydrogen-bond donors (Lipinski definition) is 0. The van der Waals surface area contributed by atoms with E-state index in [0.717, 1.165) is 17.8 Å². The average Bonchev–Trinajstić information content (AvgIpc) is 2.14. The molecule has 0 fully saturated rings. The van der Waals surface area contributed by atoms with Gasteiger partial charge in [0, 0.05) is 30.3 Å². The summed E-state index contributed by atoms with van der Waals surface area (Å²) in [7, 11) is 2.05. The molecule has 1 aliphatic rings. The highest BCUT2D eigenvalue weighted by molar-refractivity contribution is 6.06. The molecular weight excluding hydrogens is 186 g/mol. The van der Waals surface area contributed by atoms with Crippen LogP contribution in [-0.4, -0.2) is 19.4 Å². The smallest absolute Gasteiger partial charge is 0.172 e. The molecule has 2 heteroatoms. The third-order valence-corrected chi connectivity index (χ3v) is 3.06. The maximum Gasteiger partial charge on any atom is 0.172 e. The van der Waals surface area contributed by atoms with Crippen molar-refractivity contribution in [2.24, 2.45) is 5.41 Å². The van der Waals surface area contributed by atoms with E-state index >= 15 is 0 Å². The van der Waals surface area contributed by atoms with Crippen LogP contribution >= 0.6 is 0 Å². The van der Waals surface area contributed by atoms with Gasteiger partial charge in [-0.1, -0.05) is 19.9 Å². The fourth-order valence-electron chi connectivity index (χ4n) is 2.26. The molecule has 80 valence electrons. The van der Waals surface area contributed by atoms with Crippen molar-refractivity contribution in [1.82, 2.24) is 0 Å². The van der Waals surface area contributed by atoms with Gasteiger partial charge in [-0.3, -0.25) is 4.79 Å². The predicted octanol–water partition coefficient (Wildman–Crippen LogP) is 2.65. The van der Waals surface area contributed by atoms with Gasteiger partial charge in [0.05, 0.1) is 0 Å². The van der Waals surface area contributed by atoms with Crippen molar-refractivity contribution in [2.45, 2.75) is 20.8 Å². The van der Waals surface area contributed by atoms with Crippen LogP contribution in [0, 0.1) is 12.3 Å². The molecule has 0 atom stereocenters. The molecule has 2 nitrogen and oxygen atoms in total. The summed E-state index contributed by atoms with van der Waals surface area (Å²) in [4.78, 5) is 14.3. The average molecular weight is 203 g/mol. The molecule has 1 heterocycles. The van der Waals surface area contributed by atoms with Crippen molar-refractivity contribution in [3.8, 4) is 0 Å². The fraction of sp³-hybridized carbons (Fsp3) is 0.462. The first-order valence-corrected chi connectivity index (χ1v) is 5.28. The summed E-state index contributed by atoms with van der Waals surface area (Å²) >= 11 is 0. The fourth-order valence-corrected chi connectivity index (χ4v) is 2.26. The first kappa shape index (κ1) is 10.2. The van der Waals surface area contributed by atoms with Gasteiger partial charge >= 0.3 is 0 Å². The predicted molar refractivity (Wildman–Crippen MR) is 62.6 cm³/mol. The van der Waals surface area contributed by atoms with Gasteiger partial charge in [0.25, 0.3) is 0 Å². The summed E-state index contributed by atoms with van der Waals surface area (Å²) < 4.78 is 0. The molecule has 15 heavy (non-hydrogen) atoms. The van der Waals surface area contributed by atoms with Crippen molar-refractivity contribution in [2.75, 3.05) is 18.5 Å². The van der Waals surface area contributed by atoms with E-state index < -0.39 is 0 Å². The van der Waals surface area contributed by atoms with Crippen molar-refractivity contribution in [3.63, 3.8) is 0 Å². The Morgan fingerprint density at radius 1 is 1.33 bits per heavy atom. The summed E-state index contributed by atoms with van der Waals surface area (Å²) in [6, 6.07) is 6.04. The maximum absolute atomic E-state index is 12.2. The van der Waals surface area contributed by atoms with Crippen LogP contribution in [0.1, 0.15) is 29.8 Å². The maximum atomic E-state index is 12.2. The van der Waals surface area contributed by atoms with E-state index in [1.165, 1.54) is 5.56 Å². The molecule has 0 saturated carbocycles. The summed E-state index contributed by atoms with van der Waals surface area (Å²) in [6.07, 6.45) is 0. The van der Waals surface area contributed by atoms with Gasteiger partial charge in [-0.05, 0) is 24.6 Å². The van der Waals surface area contributed by atoms with Crippen LogP contribution in [0.2, 0.25) is 0 Å². The number of benzene rings is 1. The minimum Gasteiger partial charge on any atom is -0.373 e. The third-order valence-electron chi connectivity index (χ3n) is 3.06. The van der Waals surface area contributed by atoms with E-state index in [4.69, 9.17) is 0 Å². The highest BCUT2D eigenvalue weighted by Crippen LogP contribution is 2.35. The van der Waals surface area contributed by atoms with Gasteiger partial charge in [-0.2, -0.15) is 0 Å². The second-order valence-corrected chi connectivity index (χ2v) is 5.09. The lowest BCUT2D eigenvalue weighted by molar-refractivity contribution is 0.0836. The van der Waals surface area contributed by atoms with E-state index in [1.807, 2.05) is 33.0 Å². The van der Waals surface area contributed by atoms with Crippen LogP contribution in [0.5, 0.6) is 0 Å². The number of aryl methyl sites for hydroxylation is 1. The summed E-state index contributed by atoms with van der Waals surface area (Å²) in [5, 5.41) is 0. The zero-order valence-electron chi connectivity index (χ0n) is 9.79. The molecule has 0 spiro atoms. The van der Waals surface area contributed by atoms with E-state index in [-0.39, 0.29) is 11.2 Å². The first-order valence-electron chi connectivity index (χ1n) is 5.28. The Balaban J connectivity index is 2.59. The molecule has 0 N–H and O–H groups in total. The van der Waals surface area contributed by atoms with Crippen LogP contribution in [0.4, 0.5) is 5.69 Å². The summed E-state index contributed by atoms with van der Waals surface area (Å²) in [6.45, 7) is 6.86. The van der Waals surface area contributed by atoms with Crippen molar-refractivity contribution in [3.05, 3.63) is 29.3 Å². The number of anilines is 1. The number of ketones is 1. The minimum atomic E-state index is -0.267. The zero-order chi connectivity index (χ0) is 11.2. The second kappa shape index (κ2) is 3.09. The number of hydrogen-bond acceptors (Lipinski definition) is 2. The highest BCUT2D eigenvalue weighted by atomic mass is 16.1. The minimum absolute atomic E-state index is 0.260. The molecule has 0 unspecified atom stereocenters. The number of carbonyl (C=O) groups is 1. The Kier molecular flexibility index (Phi) is 2.10. The molecule has 0 aliphatic carbocycles. The van der Waals surface area contributed by atoms with E-state index in [0.29, 0.717) is 0 Å². The Bertz CT molecular complexity index is 421. The van der Waals surface area contributed by atoms with Gasteiger partial charge in [0.1, 0.15) is 0 Å². The molecule has 0 bridgehead atoms. The molecule has 0 amide bonds. The standard InChI is InChI=1S/C13H17NO/c1-9-5-6-10-11(7-9)14(4)8-13(2,3)12(10)15/h5-7H,8H2,1-4H3. The van der Waals surface area contributed by atoms with Crippen LogP contribution < -0.4 is 4.90 Å². The SMILES string of the molecule is Cc1ccc2c(c1)N(C)CC(C)(C)C2=O. The lowest BCUT2D eigenvalue weighted by atomic mass is 9.80. The van der Waals surface area contributed by atoms with Gasteiger partial charge in [-0.25, -0.2) is 0 Å². The molecule has 1 aliphatic heterocycles. The molecule has 2 rings (SSSR count). The van der Waals surface area contributed by atoms with Gasteiger partial charge < -0.3 is 4.90 Å². The first-order chi connectivity index (χ1) is 6.92. The van der Waals surface area contributed by atoms with Crippen LogP contribution in [0.15, 0.2) is 18.2 Å². The third kappa shape index (κ3) is 1.54. The Hall–Kier alpha value is -1.31. The largest absolute Gasteiger partial charge is 0.373 e. The number of nitrogens with zero attached hydrogens (tertiary/aromatic N) is 1. The van der Waals surface area contributed by atoms with Crippen molar-refractivity contribution in [1.29, 1.82) is 0 Å². The number of fused-ring (bicyclic) bond motifs is 1. The Labute approximate surface area is 90.9 Å². The molecule has 0 aromatic heterocycles. The summed E-state index contributed by atoms with van der Waals surface area (Å²) in [5.74, 6) is 0.260. The van der Waals surface area contributed by atoms with Gasteiger partial charge in [0.15, 0.2) is 5.78 Å². The number of Topliss-reactive ketones (excluding diaryl/α,β-unsaturated/α-hetero) is 1. The summed E-state index contributed by atoms with van der Waals surface area (Å²) in [5.41, 5.74) is 2.86. The van der Waals surface area contributed by atoms with E-state index in [2.05, 4.69) is 17.9 Å². The molecule has 0 saturated heterocycles. The number of rotatable bonds is 0. The molecule has 1 aromatic carbocycles. The van der Waals surface area contributed by atoms with Crippen LogP contribution in [-0.2, 0) is 0 Å². The zero-order valence-corrected chi connectivity index (χ0v) is 9.79. The van der Waals surface area contributed by atoms with Crippen molar-refractivity contribution < 1.29 is 4.79 Å². The van der Waals surface area contributed by atoms with Crippen LogP contribution in [0.25, 0.3) is 0 Å². The Morgan fingerprint density at radius 2 is 2.00 bits per heavy atom. The highest BCUT2D eigenvalue weighted by Gasteiger charge is 2.36. The van der Waals surface area contributed by atoms with Crippen molar-refractivity contribution >= 4 is 11.5 Å². The van der Waals surface area contributed by atoms with E-state index in [1.54, 1.807) is 0 Å². The van der Waals surface area contributed by atoms with Gasteiger partial charge in [0.2, 0.25) is 0 Å². The molecule has 1 aromatic rings. The quantitative estimate of drug-likeness (QED) is 0.646. The second-order valence-electron chi connectivity index (χ2n) is 5.09. The lowest BCUT2D eigenvalue weighted by Crippen LogP contribution is -2.42. The normalized spacial score (nSPS) is 18.9. The lowest BCUT2D eigenvalue weighted by Gasteiger charge is -2.37. The Morgan fingerprint density at radius 3 is 2.67 bits per heavy atom. The molecular formula is C13H17NO. The number of carbonyl (C=O) groups excluding carboxylic acids is 1. The van der Waals surface area contributed by atoms with Crippen LogP contribution in [0.3, 0.4) is 0 Å².